The van der Waals surface area contributed by atoms with Gasteiger partial charge in [0, 0.05) is 6.04 Å². The molecule has 0 saturated carbocycles. The zero-order valence-electron chi connectivity index (χ0n) is 11.3. The van der Waals surface area contributed by atoms with Crippen molar-refractivity contribution < 1.29 is 13.2 Å². The topological polar surface area (TPSA) is 12.0 Å². The van der Waals surface area contributed by atoms with E-state index in [1.165, 1.54) is 6.07 Å². The Hall–Kier alpha value is -1.29. The summed E-state index contributed by atoms with van der Waals surface area (Å²) in [5, 5.41) is 3.12. The lowest BCUT2D eigenvalue weighted by Gasteiger charge is -2.23. The fraction of sp³-hybridized carbons (Fsp3) is 0.467. The summed E-state index contributed by atoms with van der Waals surface area (Å²) < 4.78 is 39.1. The minimum Gasteiger partial charge on any atom is -0.310 e. The highest BCUT2D eigenvalue weighted by molar-refractivity contribution is 5.33. The van der Waals surface area contributed by atoms with Crippen molar-refractivity contribution in [2.45, 2.75) is 38.9 Å². The van der Waals surface area contributed by atoms with Gasteiger partial charge in [0.25, 0.3) is 0 Å². The van der Waals surface area contributed by atoms with E-state index in [1.54, 1.807) is 12.1 Å². The fourth-order valence-electron chi connectivity index (χ4n) is 2.03. The van der Waals surface area contributed by atoms with E-state index < -0.39 is 11.7 Å². The third kappa shape index (κ3) is 4.39. The summed E-state index contributed by atoms with van der Waals surface area (Å²) in [6.07, 6.45) is -3.02. The first-order valence-electron chi connectivity index (χ1n) is 6.46. The van der Waals surface area contributed by atoms with Crippen LogP contribution in [-0.4, -0.2) is 6.54 Å². The lowest BCUT2D eigenvalue weighted by Crippen LogP contribution is -2.24. The van der Waals surface area contributed by atoms with E-state index in [9.17, 15) is 13.2 Å². The summed E-state index contributed by atoms with van der Waals surface area (Å²) >= 11 is 0. The Labute approximate surface area is 112 Å². The standard InChI is InChI=1S/C15H20F3N/c1-4-11(3)10-14(19-5-2)12-8-6-7-9-13(12)15(16,17)18/h6-9,14,19H,3-5,10H2,1-2H3. The van der Waals surface area contributed by atoms with Crippen molar-refractivity contribution in [1.82, 2.24) is 5.32 Å². The number of hydrogen-bond acceptors (Lipinski definition) is 1. The van der Waals surface area contributed by atoms with Gasteiger partial charge in [0.05, 0.1) is 5.56 Å². The summed E-state index contributed by atoms with van der Waals surface area (Å²) in [5.74, 6) is 0. The summed E-state index contributed by atoms with van der Waals surface area (Å²) in [6.45, 7) is 8.36. The van der Waals surface area contributed by atoms with Crippen LogP contribution in [0, 0.1) is 0 Å². The molecule has 1 aromatic rings. The molecule has 106 valence electrons. The van der Waals surface area contributed by atoms with Crippen molar-refractivity contribution in [3.8, 4) is 0 Å². The molecule has 0 aliphatic carbocycles. The minimum atomic E-state index is -4.32. The van der Waals surface area contributed by atoms with Gasteiger partial charge in [-0.2, -0.15) is 13.2 Å². The van der Waals surface area contributed by atoms with E-state index in [0.29, 0.717) is 18.5 Å². The summed E-state index contributed by atoms with van der Waals surface area (Å²) in [6, 6.07) is 5.40. The molecule has 19 heavy (non-hydrogen) atoms. The Morgan fingerprint density at radius 1 is 1.26 bits per heavy atom. The molecule has 0 heterocycles. The Balaban J connectivity index is 3.12. The van der Waals surface area contributed by atoms with Crippen molar-refractivity contribution in [2.75, 3.05) is 6.54 Å². The van der Waals surface area contributed by atoms with Crippen molar-refractivity contribution in [2.24, 2.45) is 0 Å². The van der Waals surface area contributed by atoms with Crippen LogP contribution in [0.5, 0.6) is 0 Å². The Bertz CT molecular complexity index is 424. The van der Waals surface area contributed by atoms with Gasteiger partial charge in [0.1, 0.15) is 0 Å². The number of halogens is 3. The molecule has 1 rings (SSSR count). The van der Waals surface area contributed by atoms with Crippen LogP contribution in [0.3, 0.4) is 0 Å². The molecule has 0 amide bonds. The lowest BCUT2D eigenvalue weighted by atomic mass is 9.94. The van der Waals surface area contributed by atoms with Gasteiger partial charge in [0.15, 0.2) is 0 Å². The van der Waals surface area contributed by atoms with Gasteiger partial charge < -0.3 is 5.32 Å². The van der Waals surface area contributed by atoms with Crippen LogP contribution in [-0.2, 0) is 6.18 Å². The SMILES string of the molecule is C=C(CC)CC(NCC)c1ccccc1C(F)(F)F. The zero-order chi connectivity index (χ0) is 14.5. The molecular formula is C15H20F3N. The number of nitrogens with one attached hydrogen (secondary N) is 1. The molecule has 1 atom stereocenters. The molecule has 0 aliphatic heterocycles. The van der Waals surface area contributed by atoms with Gasteiger partial charge in [0.2, 0.25) is 0 Å². The molecule has 0 radical (unpaired) electrons. The van der Waals surface area contributed by atoms with Gasteiger partial charge in [-0.25, -0.2) is 0 Å². The Kier molecular flexibility index (Phi) is 5.60. The van der Waals surface area contributed by atoms with Gasteiger partial charge in [-0.1, -0.05) is 44.2 Å². The average molecular weight is 271 g/mol. The van der Waals surface area contributed by atoms with Crippen LogP contribution in [0.4, 0.5) is 13.2 Å². The zero-order valence-corrected chi connectivity index (χ0v) is 11.3. The molecule has 0 bridgehead atoms. The van der Waals surface area contributed by atoms with E-state index in [0.717, 1.165) is 18.1 Å². The molecule has 0 aliphatic rings. The van der Waals surface area contributed by atoms with Gasteiger partial charge in [-0.05, 0) is 31.0 Å². The maximum absolute atomic E-state index is 13.0. The van der Waals surface area contributed by atoms with E-state index in [1.807, 2.05) is 13.8 Å². The van der Waals surface area contributed by atoms with Crippen molar-refractivity contribution in [1.29, 1.82) is 0 Å². The Morgan fingerprint density at radius 2 is 1.89 bits per heavy atom. The highest BCUT2D eigenvalue weighted by atomic mass is 19.4. The third-order valence-corrected chi connectivity index (χ3v) is 3.08. The molecule has 0 saturated heterocycles. The van der Waals surface area contributed by atoms with Gasteiger partial charge in [-0.15, -0.1) is 0 Å². The monoisotopic (exact) mass is 271 g/mol. The highest BCUT2D eigenvalue weighted by Gasteiger charge is 2.34. The van der Waals surface area contributed by atoms with Gasteiger partial charge >= 0.3 is 6.18 Å². The van der Waals surface area contributed by atoms with Crippen LogP contribution in [0.1, 0.15) is 43.9 Å². The van der Waals surface area contributed by atoms with Crippen LogP contribution in [0.25, 0.3) is 0 Å². The first kappa shape index (κ1) is 15.8. The normalized spacial score (nSPS) is 13.3. The molecule has 0 aromatic heterocycles. The van der Waals surface area contributed by atoms with Crippen LogP contribution < -0.4 is 5.32 Å². The molecular weight excluding hydrogens is 251 g/mol. The second kappa shape index (κ2) is 6.75. The van der Waals surface area contributed by atoms with Crippen molar-refractivity contribution >= 4 is 0 Å². The van der Waals surface area contributed by atoms with E-state index >= 15 is 0 Å². The molecule has 1 aromatic carbocycles. The van der Waals surface area contributed by atoms with E-state index in [2.05, 4.69) is 11.9 Å². The quantitative estimate of drug-likeness (QED) is 0.739. The predicted octanol–water partition coefficient (Wildman–Crippen LogP) is 4.71. The lowest BCUT2D eigenvalue weighted by molar-refractivity contribution is -0.138. The highest BCUT2D eigenvalue weighted by Crippen LogP contribution is 2.36. The van der Waals surface area contributed by atoms with Crippen LogP contribution >= 0.6 is 0 Å². The van der Waals surface area contributed by atoms with E-state index in [-0.39, 0.29) is 6.04 Å². The number of benzene rings is 1. The second-order valence-electron chi connectivity index (χ2n) is 4.50. The fourth-order valence-corrected chi connectivity index (χ4v) is 2.03. The molecule has 1 nitrogen and oxygen atoms in total. The second-order valence-corrected chi connectivity index (χ2v) is 4.50. The number of hydrogen-bond donors (Lipinski definition) is 1. The van der Waals surface area contributed by atoms with Crippen molar-refractivity contribution in [3.63, 3.8) is 0 Å². The predicted molar refractivity (Wildman–Crippen MR) is 71.9 cm³/mol. The molecule has 1 unspecified atom stereocenters. The average Bonchev–Trinajstić information content (AvgIpc) is 2.37. The van der Waals surface area contributed by atoms with Gasteiger partial charge in [-0.3, -0.25) is 0 Å². The molecule has 0 fully saturated rings. The molecule has 1 N–H and O–H groups in total. The Morgan fingerprint density at radius 3 is 2.42 bits per heavy atom. The first-order chi connectivity index (χ1) is 8.90. The largest absolute Gasteiger partial charge is 0.416 e. The molecule has 0 spiro atoms. The summed E-state index contributed by atoms with van der Waals surface area (Å²) in [5.41, 5.74) is 0.680. The maximum Gasteiger partial charge on any atom is 0.416 e. The smallest absolute Gasteiger partial charge is 0.310 e. The van der Waals surface area contributed by atoms with Crippen molar-refractivity contribution in [3.05, 3.63) is 47.5 Å². The van der Waals surface area contributed by atoms with Crippen LogP contribution in [0.15, 0.2) is 36.4 Å². The van der Waals surface area contributed by atoms with Crippen LogP contribution in [0.2, 0.25) is 0 Å². The summed E-state index contributed by atoms with van der Waals surface area (Å²) in [4.78, 5) is 0. The number of rotatable bonds is 6. The first-order valence-corrected chi connectivity index (χ1v) is 6.46. The minimum absolute atomic E-state index is 0.298. The maximum atomic E-state index is 13.0. The number of alkyl halides is 3. The third-order valence-electron chi connectivity index (χ3n) is 3.08. The van der Waals surface area contributed by atoms with E-state index in [4.69, 9.17) is 0 Å². The summed E-state index contributed by atoms with van der Waals surface area (Å²) in [7, 11) is 0. The molecule has 4 heteroatoms.